The van der Waals surface area contributed by atoms with Crippen molar-refractivity contribution in [3.05, 3.63) is 59.2 Å². The molecule has 0 saturated heterocycles. The first kappa shape index (κ1) is 16.8. The van der Waals surface area contributed by atoms with Crippen LogP contribution in [0.2, 0.25) is 0 Å². The van der Waals surface area contributed by atoms with Gasteiger partial charge in [-0.2, -0.15) is 5.10 Å². The maximum absolute atomic E-state index is 12.5. The lowest BCUT2D eigenvalue weighted by atomic mass is 10.1. The number of amides is 2. The predicted octanol–water partition coefficient (Wildman–Crippen LogP) is 2.53. The van der Waals surface area contributed by atoms with Crippen LogP contribution in [0.15, 0.2) is 54.3 Å². The zero-order valence-corrected chi connectivity index (χ0v) is 14.4. The fourth-order valence-corrected chi connectivity index (χ4v) is 3.19. The molecule has 0 aromatic carbocycles. The Kier molecular flexibility index (Phi) is 5.20. The van der Waals surface area contributed by atoms with Gasteiger partial charge in [-0.1, -0.05) is 6.07 Å². The third kappa shape index (κ3) is 4.30. The van der Waals surface area contributed by atoms with Crippen LogP contribution in [0.3, 0.4) is 0 Å². The molecule has 0 aliphatic rings. The number of nitrogens with zero attached hydrogens (tertiary/aromatic N) is 3. The molecule has 0 fully saturated rings. The number of carbonyl (C=O) groups is 2. The molecule has 3 rings (SSSR count). The topological polar surface area (TPSA) is 88.9 Å². The number of anilines is 1. The van der Waals surface area contributed by atoms with Gasteiger partial charge in [-0.25, -0.2) is 9.67 Å². The second kappa shape index (κ2) is 7.71. The Morgan fingerprint density at radius 1 is 1.24 bits per heavy atom. The number of hydrogen-bond acceptors (Lipinski definition) is 5. The summed E-state index contributed by atoms with van der Waals surface area (Å²) in [7, 11) is 0. The van der Waals surface area contributed by atoms with E-state index in [2.05, 4.69) is 20.7 Å². The molecule has 3 heterocycles. The summed E-state index contributed by atoms with van der Waals surface area (Å²) in [5, 5.41) is 11.7. The van der Waals surface area contributed by atoms with Gasteiger partial charge in [-0.05, 0) is 29.6 Å². The van der Waals surface area contributed by atoms with Gasteiger partial charge in [0, 0.05) is 30.4 Å². The highest BCUT2D eigenvalue weighted by atomic mass is 32.1. The average molecular weight is 355 g/mol. The van der Waals surface area contributed by atoms with E-state index in [0.29, 0.717) is 11.5 Å². The van der Waals surface area contributed by atoms with Crippen molar-refractivity contribution >= 4 is 28.8 Å². The highest BCUT2D eigenvalue weighted by molar-refractivity contribution is 7.10. The molecule has 0 spiro atoms. The minimum Gasteiger partial charge on any atom is -0.348 e. The second-order valence-corrected chi connectivity index (χ2v) is 6.33. The van der Waals surface area contributed by atoms with Crippen LogP contribution in [0.5, 0.6) is 0 Å². The van der Waals surface area contributed by atoms with Crippen molar-refractivity contribution in [3.63, 3.8) is 0 Å². The summed E-state index contributed by atoms with van der Waals surface area (Å²) in [6.45, 7) is 1.44. The van der Waals surface area contributed by atoms with Crippen LogP contribution in [0.25, 0.3) is 5.82 Å². The molecule has 25 heavy (non-hydrogen) atoms. The Morgan fingerprint density at radius 3 is 2.80 bits per heavy atom. The molecule has 3 aromatic heterocycles. The number of rotatable bonds is 6. The van der Waals surface area contributed by atoms with E-state index < -0.39 is 0 Å². The van der Waals surface area contributed by atoms with E-state index in [4.69, 9.17) is 0 Å². The molecule has 1 atom stereocenters. The first-order chi connectivity index (χ1) is 12.1. The Hall–Kier alpha value is -3.00. The Bertz CT molecular complexity index is 846. The van der Waals surface area contributed by atoms with Crippen molar-refractivity contribution in [2.24, 2.45) is 0 Å². The van der Waals surface area contributed by atoms with Crippen molar-refractivity contribution in [3.8, 4) is 5.82 Å². The summed E-state index contributed by atoms with van der Waals surface area (Å²) in [6, 6.07) is 8.72. The lowest BCUT2D eigenvalue weighted by molar-refractivity contribution is -0.120. The largest absolute Gasteiger partial charge is 0.348 e. The molecular weight excluding hydrogens is 338 g/mol. The fraction of sp³-hybridized carbons (Fsp3) is 0.176. The van der Waals surface area contributed by atoms with Gasteiger partial charge >= 0.3 is 0 Å². The molecule has 3 aromatic rings. The van der Waals surface area contributed by atoms with E-state index in [0.717, 1.165) is 4.88 Å². The van der Waals surface area contributed by atoms with E-state index >= 15 is 0 Å². The predicted molar refractivity (Wildman–Crippen MR) is 95.5 cm³/mol. The highest BCUT2D eigenvalue weighted by Gasteiger charge is 2.19. The first-order valence-corrected chi connectivity index (χ1v) is 8.57. The second-order valence-electron chi connectivity index (χ2n) is 5.35. The fourth-order valence-electron chi connectivity index (χ4n) is 2.42. The number of aromatic nitrogens is 3. The van der Waals surface area contributed by atoms with Crippen molar-refractivity contribution in [1.29, 1.82) is 0 Å². The monoisotopic (exact) mass is 355 g/mol. The van der Waals surface area contributed by atoms with Gasteiger partial charge in [0.2, 0.25) is 11.8 Å². The molecule has 0 aliphatic heterocycles. The third-order valence-electron chi connectivity index (χ3n) is 3.44. The summed E-state index contributed by atoms with van der Waals surface area (Å²) < 4.78 is 1.58. The van der Waals surface area contributed by atoms with Gasteiger partial charge in [-0.15, -0.1) is 11.3 Å². The van der Waals surface area contributed by atoms with Gasteiger partial charge in [0.05, 0.1) is 18.2 Å². The lowest BCUT2D eigenvalue weighted by Gasteiger charge is -2.17. The normalized spacial score (nSPS) is 11.7. The van der Waals surface area contributed by atoms with E-state index in [-0.39, 0.29) is 24.3 Å². The number of pyridine rings is 1. The molecule has 0 bridgehead atoms. The SMILES string of the molecule is CC(=O)N[C@H](CC(=O)Nc1cccnc1-n1cccn1)c1cccs1. The number of nitrogens with one attached hydrogen (secondary N) is 2. The summed E-state index contributed by atoms with van der Waals surface area (Å²) in [6.07, 6.45) is 5.17. The van der Waals surface area contributed by atoms with Gasteiger partial charge in [-0.3, -0.25) is 9.59 Å². The molecule has 2 N–H and O–H groups in total. The van der Waals surface area contributed by atoms with Gasteiger partial charge in [0.25, 0.3) is 0 Å². The molecule has 8 heteroatoms. The standard InChI is InChI=1S/C17H17N5O2S/c1-12(23)20-14(15-6-3-10-25-15)11-16(24)21-13-5-2-7-18-17(13)22-9-4-8-19-22/h2-10,14H,11H2,1H3,(H,20,23)(H,21,24)/t14-/m1/s1. The summed E-state index contributed by atoms with van der Waals surface area (Å²) >= 11 is 1.50. The summed E-state index contributed by atoms with van der Waals surface area (Å²) in [5.74, 6) is 0.145. The maximum Gasteiger partial charge on any atom is 0.226 e. The molecule has 0 radical (unpaired) electrons. The van der Waals surface area contributed by atoms with Crippen molar-refractivity contribution in [2.75, 3.05) is 5.32 Å². The molecule has 7 nitrogen and oxygen atoms in total. The minimum absolute atomic E-state index is 0.132. The summed E-state index contributed by atoms with van der Waals surface area (Å²) in [4.78, 5) is 29.1. The number of hydrogen-bond donors (Lipinski definition) is 2. The van der Waals surface area contributed by atoms with Gasteiger partial charge in [0.15, 0.2) is 5.82 Å². The molecule has 2 amide bonds. The van der Waals surface area contributed by atoms with Gasteiger partial charge < -0.3 is 10.6 Å². The van der Waals surface area contributed by atoms with Gasteiger partial charge in [0.1, 0.15) is 0 Å². The highest BCUT2D eigenvalue weighted by Crippen LogP contribution is 2.23. The van der Waals surface area contributed by atoms with Crippen LogP contribution in [-0.2, 0) is 9.59 Å². The summed E-state index contributed by atoms with van der Waals surface area (Å²) in [5.41, 5.74) is 0.559. The maximum atomic E-state index is 12.5. The van der Waals surface area contributed by atoms with Crippen molar-refractivity contribution in [2.45, 2.75) is 19.4 Å². The van der Waals surface area contributed by atoms with Crippen molar-refractivity contribution < 1.29 is 9.59 Å². The molecule has 0 aliphatic carbocycles. The zero-order valence-electron chi connectivity index (χ0n) is 13.5. The average Bonchev–Trinajstić information content (AvgIpc) is 3.28. The Morgan fingerprint density at radius 2 is 2.12 bits per heavy atom. The third-order valence-corrected chi connectivity index (χ3v) is 4.42. The van der Waals surface area contributed by atoms with E-state index in [1.807, 2.05) is 17.5 Å². The van der Waals surface area contributed by atoms with E-state index in [1.54, 1.807) is 41.5 Å². The molecular formula is C17H17N5O2S. The van der Waals surface area contributed by atoms with Crippen molar-refractivity contribution in [1.82, 2.24) is 20.1 Å². The van der Waals surface area contributed by atoms with E-state index in [9.17, 15) is 9.59 Å². The minimum atomic E-state index is -0.359. The van der Waals surface area contributed by atoms with Crippen LogP contribution < -0.4 is 10.6 Å². The van der Waals surface area contributed by atoms with Crippen LogP contribution in [0.1, 0.15) is 24.3 Å². The Labute approximate surface area is 148 Å². The first-order valence-electron chi connectivity index (χ1n) is 7.69. The quantitative estimate of drug-likeness (QED) is 0.711. The molecule has 128 valence electrons. The zero-order chi connectivity index (χ0) is 17.6. The number of thiophene rings is 1. The van der Waals surface area contributed by atoms with Crippen LogP contribution in [0, 0.1) is 0 Å². The molecule has 0 unspecified atom stereocenters. The van der Waals surface area contributed by atoms with Crippen LogP contribution >= 0.6 is 11.3 Å². The Balaban J connectivity index is 1.75. The van der Waals surface area contributed by atoms with E-state index in [1.165, 1.54) is 18.3 Å². The molecule has 0 saturated carbocycles. The van der Waals surface area contributed by atoms with Crippen LogP contribution in [-0.4, -0.2) is 26.6 Å². The van der Waals surface area contributed by atoms with Crippen LogP contribution in [0.4, 0.5) is 5.69 Å². The number of carbonyl (C=O) groups excluding carboxylic acids is 2. The lowest BCUT2D eigenvalue weighted by Crippen LogP contribution is -2.29. The smallest absolute Gasteiger partial charge is 0.226 e.